The Bertz CT molecular complexity index is 749. The molecule has 0 atom stereocenters. The number of nitrogens with two attached hydrogens (primary N) is 1. The van der Waals surface area contributed by atoms with Gasteiger partial charge < -0.3 is 4.57 Å². The molecule has 0 saturated heterocycles. The smallest absolute Gasteiger partial charge is 0.265 e. The van der Waals surface area contributed by atoms with Crippen molar-refractivity contribution in [2.45, 2.75) is 25.8 Å². The molecule has 5 nitrogen and oxygen atoms in total. The average Bonchev–Trinajstić information content (AvgIpc) is 2.98. The van der Waals surface area contributed by atoms with Gasteiger partial charge in [-0.25, -0.2) is 5.84 Å². The van der Waals surface area contributed by atoms with Gasteiger partial charge in [0.2, 0.25) is 0 Å². The lowest BCUT2D eigenvalue weighted by Gasteiger charge is -2.14. The molecule has 0 fully saturated rings. The number of fused-ring (bicyclic) bond motifs is 1. The highest BCUT2D eigenvalue weighted by Crippen LogP contribution is 2.21. The predicted octanol–water partition coefficient (Wildman–Crippen LogP) is 0.989. The number of nitrogens with zero attached hydrogens (tertiary/aromatic N) is 1. The van der Waals surface area contributed by atoms with Gasteiger partial charge in [0.05, 0.1) is 6.54 Å². The number of carbonyl (C=O) groups excluding carboxylic acids is 1. The lowest BCUT2D eigenvalue weighted by molar-refractivity contribution is 0.0952. The molecule has 2 aromatic rings. The molecule has 1 aliphatic rings. The number of nitrogens with one attached hydrogen (secondary N) is 1. The van der Waals surface area contributed by atoms with Crippen molar-refractivity contribution >= 4 is 5.91 Å². The fourth-order valence-electron chi connectivity index (χ4n) is 2.93. The Kier molecular flexibility index (Phi) is 3.58. The first-order valence-corrected chi connectivity index (χ1v) is 7.01. The first kappa shape index (κ1) is 13.6. The summed E-state index contributed by atoms with van der Waals surface area (Å²) >= 11 is 0. The molecule has 3 N–H and O–H groups in total. The van der Waals surface area contributed by atoms with E-state index < -0.39 is 0 Å². The highest BCUT2D eigenvalue weighted by atomic mass is 16.2. The van der Waals surface area contributed by atoms with Crippen molar-refractivity contribution in [2.75, 3.05) is 0 Å². The summed E-state index contributed by atoms with van der Waals surface area (Å²) < 4.78 is 1.77. The van der Waals surface area contributed by atoms with Crippen LogP contribution in [0.2, 0.25) is 0 Å². The van der Waals surface area contributed by atoms with E-state index in [0.29, 0.717) is 12.1 Å². The van der Waals surface area contributed by atoms with Crippen molar-refractivity contribution < 1.29 is 4.79 Å². The van der Waals surface area contributed by atoms with Crippen molar-refractivity contribution in [1.82, 2.24) is 9.99 Å². The highest BCUT2D eigenvalue weighted by molar-refractivity contribution is 5.95. The van der Waals surface area contributed by atoms with Gasteiger partial charge in [-0.2, -0.15) is 0 Å². The second-order valence-electron chi connectivity index (χ2n) is 5.21. The standard InChI is InChI=1S/C16H17N3O2/c17-18-16(21)13-6-2-1-4-12(13)10-19-14-7-3-5-11(14)8-9-15(19)20/h1-2,4,6,8-9H,3,5,7,10,17H2,(H,18,21). The third-order valence-corrected chi connectivity index (χ3v) is 3.97. The van der Waals surface area contributed by atoms with Gasteiger partial charge in [-0.05, 0) is 36.5 Å². The fourth-order valence-corrected chi connectivity index (χ4v) is 2.93. The molecule has 1 aliphatic carbocycles. The molecule has 3 rings (SSSR count). The summed E-state index contributed by atoms with van der Waals surface area (Å²) in [6.07, 6.45) is 3.00. The SMILES string of the molecule is NNC(=O)c1ccccc1Cn1c2c(ccc1=O)CCC2. The topological polar surface area (TPSA) is 77.1 Å². The van der Waals surface area contributed by atoms with Gasteiger partial charge in [0.15, 0.2) is 0 Å². The zero-order valence-corrected chi connectivity index (χ0v) is 11.6. The quantitative estimate of drug-likeness (QED) is 0.501. The Morgan fingerprint density at radius 1 is 1.19 bits per heavy atom. The minimum absolute atomic E-state index is 0.0291. The van der Waals surface area contributed by atoms with Gasteiger partial charge >= 0.3 is 0 Å². The molecule has 0 saturated carbocycles. The molecule has 1 aromatic carbocycles. The van der Waals surface area contributed by atoms with E-state index in [1.165, 1.54) is 5.56 Å². The van der Waals surface area contributed by atoms with Crippen LogP contribution in [-0.2, 0) is 19.4 Å². The van der Waals surface area contributed by atoms with Crippen LogP contribution in [-0.4, -0.2) is 10.5 Å². The number of benzene rings is 1. The van der Waals surface area contributed by atoms with Crippen molar-refractivity contribution in [2.24, 2.45) is 5.84 Å². The van der Waals surface area contributed by atoms with Crippen LogP contribution in [0.3, 0.4) is 0 Å². The van der Waals surface area contributed by atoms with Crippen LogP contribution >= 0.6 is 0 Å². The summed E-state index contributed by atoms with van der Waals surface area (Å²) in [5, 5.41) is 0. The van der Waals surface area contributed by atoms with E-state index >= 15 is 0 Å². The third kappa shape index (κ3) is 2.48. The van der Waals surface area contributed by atoms with Crippen LogP contribution in [0.5, 0.6) is 0 Å². The van der Waals surface area contributed by atoms with E-state index in [1.807, 2.05) is 18.2 Å². The minimum Gasteiger partial charge on any atom is -0.308 e. The van der Waals surface area contributed by atoms with E-state index in [4.69, 9.17) is 5.84 Å². The summed E-state index contributed by atoms with van der Waals surface area (Å²) in [4.78, 5) is 24.0. The molecule has 1 aromatic heterocycles. The molecule has 1 amide bonds. The van der Waals surface area contributed by atoms with Crippen molar-refractivity contribution in [3.05, 3.63) is 69.1 Å². The average molecular weight is 283 g/mol. The van der Waals surface area contributed by atoms with Gasteiger partial charge in [-0.1, -0.05) is 24.3 Å². The predicted molar refractivity (Wildman–Crippen MR) is 79.9 cm³/mol. The van der Waals surface area contributed by atoms with E-state index in [0.717, 1.165) is 30.5 Å². The number of hydrogen-bond donors (Lipinski definition) is 2. The first-order valence-electron chi connectivity index (χ1n) is 7.01. The van der Waals surface area contributed by atoms with Crippen LogP contribution in [0.4, 0.5) is 0 Å². The number of rotatable bonds is 3. The van der Waals surface area contributed by atoms with Crippen LogP contribution in [0.15, 0.2) is 41.2 Å². The van der Waals surface area contributed by atoms with Gasteiger partial charge in [-0.3, -0.25) is 15.0 Å². The molecule has 0 radical (unpaired) electrons. The number of pyridine rings is 1. The maximum atomic E-state index is 12.2. The van der Waals surface area contributed by atoms with Gasteiger partial charge in [-0.15, -0.1) is 0 Å². The molecule has 1 heterocycles. The van der Waals surface area contributed by atoms with Crippen LogP contribution in [0.1, 0.15) is 33.6 Å². The highest BCUT2D eigenvalue weighted by Gasteiger charge is 2.17. The van der Waals surface area contributed by atoms with E-state index in [-0.39, 0.29) is 11.5 Å². The zero-order chi connectivity index (χ0) is 14.8. The molecule has 0 spiro atoms. The number of hydrogen-bond acceptors (Lipinski definition) is 3. The second-order valence-corrected chi connectivity index (χ2v) is 5.21. The summed E-state index contributed by atoms with van der Waals surface area (Å²) in [6.45, 7) is 0.394. The molecular formula is C16H17N3O2. The molecule has 0 unspecified atom stereocenters. The molecule has 0 bridgehead atoms. The Labute approximate surface area is 122 Å². The second kappa shape index (κ2) is 5.54. The lowest BCUT2D eigenvalue weighted by Crippen LogP contribution is -2.31. The van der Waals surface area contributed by atoms with Gasteiger partial charge in [0.1, 0.15) is 0 Å². The van der Waals surface area contributed by atoms with Crippen LogP contribution < -0.4 is 16.8 Å². The number of hydrazine groups is 1. The molecule has 5 heteroatoms. The number of aryl methyl sites for hydroxylation is 1. The third-order valence-electron chi connectivity index (χ3n) is 3.97. The number of aromatic nitrogens is 1. The lowest BCUT2D eigenvalue weighted by atomic mass is 10.1. The van der Waals surface area contributed by atoms with Crippen molar-refractivity contribution in [3.8, 4) is 0 Å². The summed E-state index contributed by atoms with van der Waals surface area (Å²) in [7, 11) is 0. The van der Waals surface area contributed by atoms with E-state index in [1.54, 1.807) is 22.8 Å². The molecular weight excluding hydrogens is 266 g/mol. The maximum absolute atomic E-state index is 12.2. The first-order chi connectivity index (χ1) is 10.2. The minimum atomic E-state index is -0.341. The summed E-state index contributed by atoms with van der Waals surface area (Å²) in [6, 6.07) is 10.7. The number of nitrogen functional groups attached to an aromatic ring is 1. The molecule has 0 aliphatic heterocycles. The molecule has 108 valence electrons. The number of carbonyl (C=O) groups is 1. The summed E-state index contributed by atoms with van der Waals surface area (Å²) in [5.41, 5.74) is 5.74. The normalized spacial score (nSPS) is 13.0. The monoisotopic (exact) mass is 283 g/mol. The van der Waals surface area contributed by atoms with Crippen molar-refractivity contribution in [3.63, 3.8) is 0 Å². The fraction of sp³-hybridized carbons (Fsp3) is 0.250. The molecule has 21 heavy (non-hydrogen) atoms. The Morgan fingerprint density at radius 2 is 2.00 bits per heavy atom. The largest absolute Gasteiger partial charge is 0.308 e. The zero-order valence-electron chi connectivity index (χ0n) is 11.6. The van der Waals surface area contributed by atoms with E-state index in [9.17, 15) is 9.59 Å². The maximum Gasteiger partial charge on any atom is 0.265 e. The van der Waals surface area contributed by atoms with Gasteiger partial charge in [0.25, 0.3) is 11.5 Å². The Morgan fingerprint density at radius 3 is 2.81 bits per heavy atom. The number of amides is 1. The van der Waals surface area contributed by atoms with Gasteiger partial charge in [0, 0.05) is 17.3 Å². The summed E-state index contributed by atoms with van der Waals surface area (Å²) in [5.74, 6) is 4.88. The Balaban J connectivity index is 2.05. The Hall–Kier alpha value is -2.40. The van der Waals surface area contributed by atoms with Crippen LogP contribution in [0, 0.1) is 0 Å². The van der Waals surface area contributed by atoms with Crippen LogP contribution in [0.25, 0.3) is 0 Å². The van der Waals surface area contributed by atoms with E-state index in [2.05, 4.69) is 5.43 Å². The van der Waals surface area contributed by atoms with Crippen molar-refractivity contribution in [1.29, 1.82) is 0 Å².